The fourth-order valence-electron chi connectivity index (χ4n) is 3.62. The number of hydrogen-bond acceptors (Lipinski definition) is 3. The molecule has 1 fully saturated rings. The second kappa shape index (κ2) is 7.16. The van der Waals surface area contributed by atoms with Crippen LogP contribution in [-0.2, 0) is 20.7 Å². The van der Waals surface area contributed by atoms with Crippen molar-refractivity contribution in [3.8, 4) is 0 Å². The number of ether oxygens (including phenoxy) is 1. The molecule has 1 amide bonds. The number of benzene rings is 1. The summed E-state index contributed by atoms with van der Waals surface area (Å²) in [5.74, 6) is -0.0289. The third-order valence-corrected chi connectivity index (χ3v) is 4.80. The van der Waals surface area contributed by atoms with Gasteiger partial charge < -0.3 is 10.1 Å². The van der Waals surface area contributed by atoms with Gasteiger partial charge in [0.2, 0.25) is 5.91 Å². The molecule has 0 saturated heterocycles. The molecule has 4 heteroatoms. The minimum atomic E-state index is -0.859. The number of methoxy groups -OCH3 is 1. The summed E-state index contributed by atoms with van der Waals surface area (Å²) in [7, 11) is 1.39. The second-order valence-electron chi connectivity index (χ2n) is 6.93. The lowest BCUT2D eigenvalue weighted by atomic mass is 9.76. The molecule has 1 aliphatic rings. The molecule has 1 aromatic rings. The van der Waals surface area contributed by atoms with Gasteiger partial charge in [-0.3, -0.25) is 4.79 Å². The molecule has 2 atom stereocenters. The molecule has 1 saturated carbocycles. The fourth-order valence-corrected chi connectivity index (χ4v) is 3.62. The van der Waals surface area contributed by atoms with Crippen LogP contribution in [0.2, 0.25) is 0 Å². The highest BCUT2D eigenvalue weighted by Crippen LogP contribution is 2.33. The van der Waals surface area contributed by atoms with Crippen molar-refractivity contribution >= 4 is 11.9 Å². The molecular weight excluding hydrogens is 290 g/mol. The van der Waals surface area contributed by atoms with Crippen LogP contribution in [0.25, 0.3) is 0 Å². The highest BCUT2D eigenvalue weighted by Gasteiger charge is 2.43. The Morgan fingerprint density at radius 3 is 2.70 bits per heavy atom. The average molecular weight is 317 g/mol. The Labute approximate surface area is 138 Å². The van der Waals surface area contributed by atoms with Crippen LogP contribution in [0.3, 0.4) is 0 Å². The SMILES string of the molecule is COC(=O)C1(NC(=O)Cc2ccc(C)cc2C)CCCC(C)C1. The average Bonchev–Trinajstić information content (AvgIpc) is 2.49. The topological polar surface area (TPSA) is 55.4 Å². The van der Waals surface area contributed by atoms with Crippen molar-refractivity contribution in [1.29, 1.82) is 0 Å². The van der Waals surface area contributed by atoms with Gasteiger partial charge in [0.1, 0.15) is 5.54 Å². The van der Waals surface area contributed by atoms with E-state index in [4.69, 9.17) is 4.74 Å². The molecule has 0 heterocycles. The van der Waals surface area contributed by atoms with Gasteiger partial charge in [0.05, 0.1) is 13.5 Å². The Balaban J connectivity index is 2.13. The number of esters is 1. The Morgan fingerprint density at radius 2 is 2.09 bits per heavy atom. The lowest BCUT2D eigenvalue weighted by Crippen LogP contribution is -2.57. The maximum absolute atomic E-state index is 12.5. The van der Waals surface area contributed by atoms with Gasteiger partial charge in [-0.05, 0) is 43.7 Å². The Kier molecular flexibility index (Phi) is 5.45. The minimum absolute atomic E-state index is 0.114. The Hall–Kier alpha value is -1.84. The first-order valence-corrected chi connectivity index (χ1v) is 8.32. The van der Waals surface area contributed by atoms with Gasteiger partial charge >= 0.3 is 5.97 Å². The van der Waals surface area contributed by atoms with Gasteiger partial charge in [-0.15, -0.1) is 0 Å². The summed E-state index contributed by atoms with van der Waals surface area (Å²) in [6.45, 7) is 6.16. The Bertz CT molecular complexity index is 596. The summed E-state index contributed by atoms with van der Waals surface area (Å²) in [4.78, 5) is 24.8. The maximum Gasteiger partial charge on any atom is 0.331 e. The number of carbonyl (C=O) groups is 2. The van der Waals surface area contributed by atoms with Crippen molar-refractivity contribution in [1.82, 2.24) is 5.32 Å². The number of carbonyl (C=O) groups excluding carboxylic acids is 2. The fraction of sp³-hybridized carbons (Fsp3) is 0.579. The lowest BCUT2D eigenvalue weighted by Gasteiger charge is -2.38. The van der Waals surface area contributed by atoms with Crippen LogP contribution in [0.15, 0.2) is 18.2 Å². The van der Waals surface area contributed by atoms with Crippen molar-refractivity contribution in [3.05, 3.63) is 34.9 Å². The van der Waals surface area contributed by atoms with Crippen LogP contribution < -0.4 is 5.32 Å². The number of amides is 1. The predicted molar refractivity (Wildman–Crippen MR) is 90.1 cm³/mol. The zero-order valence-electron chi connectivity index (χ0n) is 14.6. The van der Waals surface area contributed by atoms with Gasteiger partial charge in [-0.2, -0.15) is 0 Å². The van der Waals surface area contributed by atoms with Crippen LogP contribution in [0.1, 0.15) is 49.3 Å². The normalized spacial score (nSPS) is 24.1. The van der Waals surface area contributed by atoms with E-state index in [0.29, 0.717) is 25.2 Å². The standard InChI is InChI=1S/C19H27NO3/c1-13-7-8-16(15(3)10-13)11-17(21)20-19(18(22)23-4)9-5-6-14(2)12-19/h7-8,10,14H,5-6,9,11-12H2,1-4H3,(H,20,21). The Morgan fingerprint density at radius 1 is 1.35 bits per heavy atom. The third-order valence-electron chi connectivity index (χ3n) is 4.80. The predicted octanol–water partition coefficient (Wildman–Crippen LogP) is 3.08. The first kappa shape index (κ1) is 17.5. The van der Waals surface area contributed by atoms with E-state index in [1.54, 1.807) is 0 Å². The lowest BCUT2D eigenvalue weighted by molar-refractivity contribution is -0.153. The summed E-state index contributed by atoms with van der Waals surface area (Å²) in [6.07, 6.45) is 3.62. The molecule has 0 bridgehead atoms. The number of rotatable bonds is 4. The van der Waals surface area contributed by atoms with Gasteiger partial charge in [0.15, 0.2) is 0 Å². The summed E-state index contributed by atoms with van der Waals surface area (Å²) in [5.41, 5.74) is 2.42. The van der Waals surface area contributed by atoms with E-state index in [1.807, 2.05) is 26.0 Å². The number of nitrogens with one attached hydrogen (secondary N) is 1. The van der Waals surface area contributed by atoms with Crippen molar-refractivity contribution in [3.63, 3.8) is 0 Å². The van der Waals surface area contributed by atoms with Crippen LogP contribution in [0, 0.1) is 19.8 Å². The zero-order valence-corrected chi connectivity index (χ0v) is 14.6. The van der Waals surface area contributed by atoms with Crippen LogP contribution in [0.5, 0.6) is 0 Å². The molecule has 0 aliphatic heterocycles. The minimum Gasteiger partial charge on any atom is -0.467 e. The van der Waals surface area contributed by atoms with Crippen molar-refractivity contribution < 1.29 is 14.3 Å². The highest BCUT2D eigenvalue weighted by molar-refractivity contribution is 5.89. The van der Waals surface area contributed by atoms with E-state index in [1.165, 1.54) is 12.7 Å². The summed E-state index contributed by atoms with van der Waals surface area (Å²) < 4.78 is 4.98. The zero-order chi connectivity index (χ0) is 17.0. The molecule has 0 aromatic heterocycles. The first-order chi connectivity index (χ1) is 10.9. The van der Waals surface area contributed by atoms with Gasteiger partial charge in [0, 0.05) is 0 Å². The molecular formula is C19H27NO3. The van der Waals surface area contributed by atoms with Crippen molar-refractivity contribution in [2.75, 3.05) is 7.11 Å². The van der Waals surface area contributed by atoms with Gasteiger partial charge in [-0.1, -0.05) is 43.5 Å². The van der Waals surface area contributed by atoms with E-state index in [2.05, 4.69) is 18.3 Å². The largest absolute Gasteiger partial charge is 0.467 e. The monoisotopic (exact) mass is 317 g/mol. The molecule has 2 unspecified atom stereocenters. The smallest absolute Gasteiger partial charge is 0.331 e. The first-order valence-electron chi connectivity index (χ1n) is 8.32. The van der Waals surface area contributed by atoms with Crippen molar-refractivity contribution in [2.45, 2.75) is 58.4 Å². The van der Waals surface area contributed by atoms with Crippen LogP contribution in [-0.4, -0.2) is 24.5 Å². The molecule has 126 valence electrons. The van der Waals surface area contributed by atoms with E-state index in [9.17, 15) is 9.59 Å². The molecule has 1 aromatic carbocycles. The summed E-state index contributed by atoms with van der Waals surface area (Å²) >= 11 is 0. The van der Waals surface area contributed by atoms with E-state index in [0.717, 1.165) is 24.0 Å². The van der Waals surface area contributed by atoms with Crippen molar-refractivity contribution in [2.24, 2.45) is 5.92 Å². The molecule has 23 heavy (non-hydrogen) atoms. The number of hydrogen-bond donors (Lipinski definition) is 1. The third kappa shape index (κ3) is 4.12. The van der Waals surface area contributed by atoms with E-state index >= 15 is 0 Å². The van der Waals surface area contributed by atoms with Crippen LogP contribution in [0.4, 0.5) is 0 Å². The molecule has 0 radical (unpaired) electrons. The van der Waals surface area contributed by atoms with Crippen LogP contribution >= 0.6 is 0 Å². The van der Waals surface area contributed by atoms with E-state index in [-0.39, 0.29) is 11.9 Å². The number of aryl methyl sites for hydroxylation is 2. The summed E-state index contributed by atoms with van der Waals surface area (Å²) in [5, 5.41) is 2.99. The summed E-state index contributed by atoms with van der Waals surface area (Å²) in [6, 6.07) is 6.06. The molecule has 2 rings (SSSR count). The highest BCUT2D eigenvalue weighted by atomic mass is 16.5. The van der Waals surface area contributed by atoms with E-state index < -0.39 is 5.54 Å². The quantitative estimate of drug-likeness (QED) is 0.868. The van der Waals surface area contributed by atoms with Gasteiger partial charge in [0.25, 0.3) is 0 Å². The second-order valence-corrected chi connectivity index (χ2v) is 6.93. The molecule has 1 aliphatic carbocycles. The van der Waals surface area contributed by atoms with Gasteiger partial charge in [-0.25, -0.2) is 4.79 Å². The molecule has 4 nitrogen and oxygen atoms in total. The molecule has 1 N–H and O–H groups in total. The maximum atomic E-state index is 12.5. The molecule has 0 spiro atoms.